The summed E-state index contributed by atoms with van der Waals surface area (Å²) in [6, 6.07) is 4.30. The Hall–Kier alpha value is -0.323. The van der Waals surface area contributed by atoms with Crippen LogP contribution in [0.4, 0.5) is 8.78 Å². The first-order chi connectivity index (χ1) is 7.68. The molecule has 88 valence electrons. The van der Waals surface area contributed by atoms with Gasteiger partial charge in [-0.15, -0.1) is 0 Å². The fraction of sp³-hybridized carbons (Fsp3) is 0.500. The zero-order valence-electron chi connectivity index (χ0n) is 10.4. The molecule has 0 nitrogen and oxygen atoms in total. The predicted octanol–water partition coefficient (Wildman–Crippen LogP) is 1.39. The minimum atomic E-state index is -0.765. The Kier molecular flexibility index (Phi) is 5.22. The van der Waals surface area contributed by atoms with Gasteiger partial charge >= 0.3 is 18.9 Å². The van der Waals surface area contributed by atoms with Gasteiger partial charge in [-0.25, -0.2) is 8.78 Å². The summed E-state index contributed by atoms with van der Waals surface area (Å²) >= 11 is 0. The Morgan fingerprint density at radius 1 is 1.06 bits per heavy atom. The summed E-state index contributed by atoms with van der Waals surface area (Å²) in [4.78, 5) is 0. The van der Waals surface area contributed by atoms with Crippen LogP contribution < -0.4 is 18.9 Å². The van der Waals surface area contributed by atoms with Gasteiger partial charge < -0.3 is 6.92 Å². The van der Waals surface area contributed by atoms with E-state index in [1.165, 1.54) is 18.6 Å². The molecule has 0 aliphatic heterocycles. The van der Waals surface area contributed by atoms with Crippen molar-refractivity contribution in [1.29, 1.82) is 0 Å². The molecule has 1 saturated carbocycles. The number of hydrogen-bond donors (Lipinski definition) is 0. The fourth-order valence-corrected chi connectivity index (χ4v) is 2.74. The fourth-order valence-electron chi connectivity index (χ4n) is 2.74. The first kappa shape index (κ1) is 14.7. The van der Waals surface area contributed by atoms with Crippen molar-refractivity contribution in [1.82, 2.24) is 0 Å². The first-order valence-electron chi connectivity index (χ1n) is 5.93. The Morgan fingerprint density at radius 3 is 2.24 bits per heavy atom. The van der Waals surface area contributed by atoms with Crippen LogP contribution in [-0.2, 0) is 5.41 Å². The summed E-state index contributed by atoms with van der Waals surface area (Å²) in [6.45, 7) is 3.99. The molecule has 1 aromatic carbocycles. The minimum absolute atomic E-state index is 0. The van der Waals surface area contributed by atoms with Crippen LogP contribution in [0.2, 0.25) is 0 Å². The monoisotopic (exact) mass is 230 g/mol. The Labute approximate surface area is 114 Å². The summed E-state index contributed by atoms with van der Waals surface area (Å²) < 4.78 is 26.1. The van der Waals surface area contributed by atoms with E-state index in [2.05, 4.69) is 6.92 Å². The van der Waals surface area contributed by atoms with Crippen molar-refractivity contribution in [2.75, 3.05) is 0 Å². The zero-order chi connectivity index (χ0) is 11.6. The van der Waals surface area contributed by atoms with E-state index in [0.717, 1.165) is 37.7 Å². The van der Waals surface area contributed by atoms with Crippen LogP contribution in [0.5, 0.6) is 0 Å². The number of halogens is 2. The van der Waals surface area contributed by atoms with E-state index in [1.54, 1.807) is 6.07 Å². The zero-order valence-corrected chi connectivity index (χ0v) is 10.4. The van der Waals surface area contributed by atoms with Gasteiger partial charge in [-0.2, -0.15) is 6.42 Å². The van der Waals surface area contributed by atoms with Crippen molar-refractivity contribution in [3.63, 3.8) is 0 Å². The molecule has 0 heterocycles. The molecule has 3 heteroatoms. The molecule has 1 aliphatic carbocycles. The summed E-state index contributed by atoms with van der Waals surface area (Å²) in [6.07, 6.45) is 6.41. The molecule has 0 N–H and O–H groups in total. The minimum Gasteiger partial charge on any atom is -0.342 e. The number of benzene rings is 1. The van der Waals surface area contributed by atoms with E-state index in [1.807, 2.05) is 0 Å². The molecular weight excluding hydrogens is 213 g/mol. The maximum atomic E-state index is 13.2. The Balaban J connectivity index is 0.00000144. The second kappa shape index (κ2) is 6.02. The van der Waals surface area contributed by atoms with Gasteiger partial charge in [0.1, 0.15) is 0 Å². The van der Waals surface area contributed by atoms with Crippen molar-refractivity contribution in [2.24, 2.45) is 0 Å². The molecular formula is C14H17F2Li. The van der Waals surface area contributed by atoms with E-state index < -0.39 is 11.6 Å². The normalized spacial score (nSPS) is 18.5. The van der Waals surface area contributed by atoms with Gasteiger partial charge in [0.05, 0.1) is 0 Å². The molecule has 1 aliphatic rings. The molecule has 0 spiro atoms. The molecule has 0 radical (unpaired) electrons. The summed E-state index contributed by atoms with van der Waals surface area (Å²) in [5, 5.41) is 0. The molecule has 0 saturated heterocycles. The molecule has 0 amide bonds. The molecule has 1 fully saturated rings. The largest absolute Gasteiger partial charge is 1.00 e. The van der Waals surface area contributed by atoms with Gasteiger partial charge in [0.25, 0.3) is 0 Å². The van der Waals surface area contributed by atoms with Crippen LogP contribution in [0.1, 0.15) is 44.1 Å². The quantitative estimate of drug-likeness (QED) is 0.532. The molecule has 17 heavy (non-hydrogen) atoms. The Morgan fingerprint density at radius 2 is 1.71 bits per heavy atom. The number of rotatable bonds is 2. The molecule has 2 rings (SSSR count). The third-order valence-corrected chi connectivity index (χ3v) is 3.82. The topological polar surface area (TPSA) is 0 Å². The average Bonchev–Trinajstić information content (AvgIpc) is 2.33. The van der Waals surface area contributed by atoms with Crippen molar-refractivity contribution >= 4 is 0 Å². The maximum Gasteiger partial charge on any atom is 1.00 e. The molecule has 0 atom stereocenters. The van der Waals surface area contributed by atoms with Crippen molar-refractivity contribution in [3.8, 4) is 0 Å². The summed E-state index contributed by atoms with van der Waals surface area (Å²) in [7, 11) is 0. The summed E-state index contributed by atoms with van der Waals surface area (Å²) in [5.74, 6) is -1.50. The average molecular weight is 230 g/mol. The van der Waals surface area contributed by atoms with E-state index in [4.69, 9.17) is 0 Å². The van der Waals surface area contributed by atoms with Gasteiger partial charge in [-0.3, -0.25) is 0 Å². The molecule has 0 bridgehead atoms. The maximum absolute atomic E-state index is 13.2. The predicted molar refractivity (Wildman–Crippen MR) is 61.1 cm³/mol. The molecule has 0 aromatic heterocycles. The standard InChI is InChI=1S/C14H17F2.Li/c1-2-14(8-4-3-5-9-14)11-6-7-12(15)13(16)10-11;/h6-7,10H,1-5,8-9H2;/q-1;+1. The van der Waals surface area contributed by atoms with Crippen LogP contribution in [0.15, 0.2) is 18.2 Å². The molecule has 0 unspecified atom stereocenters. The van der Waals surface area contributed by atoms with Crippen LogP contribution >= 0.6 is 0 Å². The third kappa shape index (κ3) is 2.92. The van der Waals surface area contributed by atoms with Gasteiger partial charge in [0, 0.05) is 0 Å². The van der Waals surface area contributed by atoms with Crippen LogP contribution in [0.3, 0.4) is 0 Å². The van der Waals surface area contributed by atoms with Crippen LogP contribution in [0, 0.1) is 18.6 Å². The second-order valence-corrected chi connectivity index (χ2v) is 4.72. The SMILES string of the molecule is [CH2-]CC1(c2ccc(F)c(F)c2)CCCCC1.[Li+]. The van der Waals surface area contributed by atoms with E-state index >= 15 is 0 Å². The van der Waals surface area contributed by atoms with Crippen molar-refractivity contribution in [2.45, 2.75) is 43.9 Å². The van der Waals surface area contributed by atoms with E-state index in [9.17, 15) is 8.78 Å². The van der Waals surface area contributed by atoms with Crippen LogP contribution in [0.25, 0.3) is 0 Å². The van der Waals surface area contributed by atoms with Crippen LogP contribution in [-0.4, -0.2) is 0 Å². The van der Waals surface area contributed by atoms with Gasteiger partial charge in [0.15, 0.2) is 11.6 Å². The van der Waals surface area contributed by atoms with Crippen molar-refractivity contribution < 1.29 is 27.6 Å². The second-order valence-electron chi connectivity index (χ2n) is 4.72. The number of hydrogen-bond acceptors (Lipinski definition) is 0. The first-order valence-corrected chi connectivity index (χ1v) is 5.93. The van der Waals surface area contributed by atoms with E-state index in [-0.39, 0.29) is 24.3 Å². The van der Waals surface area contributed by atoms with Gasteiger partial charge in [-0.05, 0) is 36.0 Å². The Bertz CT molecular complexity index is 370. The smallest absolute Gasteiger partial charge is 0.342 e. The van der Waals surface area contributed by atoms with E-state index in [0.29, 0.717) is 0 Å². The summed E-state index contributed by atoms with van der Waals surface area (Å²) in [5.41, 5.74) is 0.897. The van der Waals surface area contributed by atoms with Crippen molar-refractivity contribution in [3.05, 3.63) is 42.3 Å². The third-order valence-electron chi connectivity index (χ3n) is 3.82. The molecule has 1 aromatic rings. The van der Waals surface area contributed by atoms with Gasteiger partial charge in [-0.1, -0.05) is 25.3 Å². The van der Waals surface area contributed by atoms with Gasteiger partial charge in [0.2, 0.25) is 0 Å².